The lowest BCUT2D eigenvalue weighted by Crippen LogP contribution is -2.61. The first-order chi connectivity index (χ1) is 15.5. The smallest absolute Gasteiger partial charge is 0.310 e. The van der Waals surface area contributed by atoms with Crippen molar-refractivity contribution in [3.63, 3.8) is 0 Å². The lowest BCUT2D eigenvalue weighted by atomic mass is 9.90. The summed E-state index contributed by atoms with van der Waals surface area (Å²) in [5, 5.41) is 2.93. The molecule has 0 aromatic heterocycles. The van der Waals surface area contributed by atoms with E-state index in [0.717, 1.165) is 12.8 Å². The molecule has 4 rings (SSSR count). The molecular weight excluding hydrogens is 412 g/mol. The van der Waals surface area contributed by atoms with Gasteiger partial charge in [0.2, 0.25) is 0 Å². The molecule has 2 aromatic rings. The second kappa shape index (κ2) is 8.90. The maximum absolute atomic E-state index is 13.3. The van der Waals surface area contributed by atoms with Crippen LogP contribution in [-0.4, -0.2) is 44.1 Å². The van der Waals surface area contributed by atoms with Gasteiger partial charge in [-0.2, -0.15) is 0 Å². The van der Waals surface area contributed by atoms with Crippen molar-refractivity contribution in [1.29, 1.82) is 0 Å². The first-order valence-corrected chi connectivity index (χ1v) is 10.6. The van der Waals surface area contributed by atoms with Crippen molar-refractivity contribution in [3.05, 3.63) is 48.0 Å². The highest BCUT2D eigenvalue weighted by atomic mass is 16.5. The lowest BCUT2D eigenvalue weighted by molar-refractivity contribution is -0.147. The Kier molecular flexibility index (Phi) is 6.03. The molecule has 1 N–H and O–H groups in total. The van der Waals surface area contributed by atoms with E-state index in [4.69, 9.17) is 14.2 Å². The SMILES string of the molecule is COc1ccc(CC(=O)OCC(=O)N2c3ccccc3NC(=O)C23CCCC3)c(OC)c1. The maximum Gasteiger partial charge on any atom is 0.310 e. The van der Waals surface area contributed by atoms with Crippen LogP contribution in [0.5, 0.6) is 11.5 Å². The summed E-state index contributed by atoms with van der Waals surface area (Å²) in [4.78, 5) is 40.2. The van der Waals surface area contributed by atoms with Crippen molar-refractivity contribution in [3.8, 4) is 11.5 Å². The van der Waals surface area contributed by atoms with Crippen LogP contribution in [0.15, 0.2) is 42.5 Å². The van der Waals surface area contributed by atoms with E-state index in [9.17, 15) is 14.4 Å². The van der Waals surface area contributed by atoms with Gasteiger partial charge in [-0.3, -0.25) is 19.3 Å². The summed E-state index contributed by atoms with van der Waals surface area (Å²) in [6.07, 6.45) is 2.82. The fourth-order valence-corrected chi connectivity index (χ4v) is 4.54. The second-order valence-electron chi connectivity index (χ2n) is 7.95. The molecule has 168 valence electrons. The summed E-state index contributed by atoms with van der Waals surface area (Å²) < 4.78 is 15.8. The van der Waals surface area contributed by atoms with Crippen molar-refractivity contribution in [2.45, 2.75) is 37.6 Å². The number of nitrogens with zero attached hydrogens (tertiary/aromatic N) is 1. The number of fused-ring (bicyclic) bond motifs is 1. The zero-order valence-corrected chi connectivity index (χ0v) is 18.2. The Morgan fingerprint density at radius 2 is 1.81 bits per heavy atom. The van der Waals surface area contributed by atoms with Crippen LogP contribution >= 0.6 is 0 Å². The average molecular weight is 438 g/mol. The Morgan fingerprint density at radius 3 is 2.53 bits per heavy atom. The topological polar surface area (TPSA) is 94.2 Å². The molecule has 0 radical (unpaired) electrons. The number of nitrogens with one attached hydrogen (secondary N) is 1. The van der Waals surface area contributed by atoms with Crippen LogP contribution < -0.4 is 19.7 Å². The molecule has 8 heteroatoms. The van der Waals surface area contributed by atoms with Crippen LogP contribution in [0.1, 0.15) is 31.2 Å². The second-order valence-corrected chi connectivity index (χ2v) is 7.95. The minimum Gasteiger partial charge on any atom is -0.497 e. The third kappa shape index (κ3) is 3.88. The zero-order chi connectivity index (χ0) is 22.7. The molecule has 1 aliphatic heterocycles. The van der Waals surface area contributed by atoms with E-state index in [2.05, 4.69) is 5.32 Å². The van der Waals surface area contributed by atoms with Crippen molar-refractivity contribution < 1.29 is 28.6 Å². The van der Waals surface area contributed by atoms with Gasteiger partial charge in [-0.05, 0) is 31.0 Å². The number of para-hydroxylation sites is 2. The molecule has 1 fully saturated rings. The Labute approximate surface area is 186 Å². The zero-order valence-electron chi connectivity index (χ0n) is 18.2. The lowest BCUT2D eigenvalue weighted by Gasteiger charge is -2.44. The van der Waals surface area contributed by atoms with E-state index in [0.29, 0.717) is 41.3 Å². The molecule has 2 aliphatic rings. The average Bonchev–Trinajstić information content (AvgIpc) is 3.29. The molecule has 1 heterocycles. The molecule has 0 unspecified atom stereocenters. The van der Waals surface area contributed by atoms with E-state index < -0.39 is 24.0 Å². The number of carbonyl (C=O) groups excluding carboxylic acids is 3. The number of hydrogen-bond acceptors (Lipinski definition) is 6. The number of amides is 2. The molecule has 2 aromatic carbocycles. The van der Waals surface area contributed by atoms with Gasteiger partial charge in [0.05, 0.1) is 32.0 Å². The molecule has 0 bridgehead atoms. The highest BCUT2D eigenvalue weighted by Crippen LogP contribution is 2.45. The highest BCUT2D eigenvalue weighted by molar-refractivity contribution is 6.15. The van der Waals surface area contributed by atoms with E-state index in [-0.39, 0.29) is 12.3 Å². The van der Waals surface area contributed by atoms with Gasteiger partial charge in [-0.1, -0.05) is 31.0 Å². The summed E-state index contributed by atoms with van der Waals surface area (Å²) in [6.45, 7) is -0.444. The van der Waals surface area contributed by atoms with E-state index in [1.54, 1.807) is 43.5 Å². The molecule has 1 saturated carbocycles. The van der Waals surface area contributed by atoms with E-state index in [1.165, 1.54) is 12.0 Å². The first kappa shape index (κ1) is 21.7. The van der Waals surface area contributed by atoms with Gasteiger partial charge >= 0.3 is 5.97 Å². The van der Waals surface area contributed by atoms with Gasteiger partial charge in [-0.25, -0.2) is 0 Å². The maximum atomic E-state index is 13.3. The predicted molar refractivity (Wildman–Crippen MR) is 118 cm³/mol. The van der Waals surface area contributed by atoms with Crippen molar-refractivity contribution in [2.24, 2.45) is 0 Å². The summed E-state index contributed by atoms with van der Waals surface area (Å²) in [7, 11) is 3.05. The van der Waals surface area contributed by atoms with Crippen LogP contribution in [0, 0.1) is 0 Å². The monoisotopic (exact) mass is 438 g/mol. The van der Waals surface area contributed by atoms with Crippen LogP contribution in [0.2, 0.25) is 0 Å². The predicted octanol–water partition coefficient (Wildman–Crippen LogP) is 3.09. The number of benzene rings is 2. The summed E-state index contributed by atoms with van der Waals surface area (Å²) in [5.74, 6) is -0.0464. The van der Waals surface area contributed by atoms with Gasteiger partial charge in [0, 0.05) is 11.6 Å². The Bertz CT molecular complexity index is 1040. The first-order valence-electron chi connectivity index (χ1n) is 10.6. The molecule has 1 aliphatic carbocycles. The van der Waals surface area contributed by atoms with E-state index >= 15 is 0 Å². The van der Waals surface area contributed by atoms with Crippen LogP contribution in [-0.2, 0) is 25.5 Å². The largest absolute Gasteiger partial charge is 0.497 e. The van der Waals surface area contributed by atoms with Crippen molar-refractivity contribution in [2.75, 3.05) is 31.0 Å². The number of carbonyl (C=O) groups is 3. The molecular formula is C24H26N2O6. The fraction of sp³-hybridized carbons (Fsp3) is 0.375. The number of methoxy groups -OCH3 is 2. The fourth-order valence-electron chi connectivity index (χ4n) is 4.54. The Morgan fingerprint density at radius 1 is 1.06 bits per heavy atom. The van der Waals surface area contributed by atoms with Crippen LogP contribution in [0.3, 0.4) is 0 Å². The minimum atomic E-state index is -0.933. The third-order valence-corrected chi connectivity index (χ3v) is 6.11. The number of hydrogen-bond donors (Lipinski definition) is 1. The van der Waals surface area contributed by atoms with Crippen molar-refractivity contribution >= 4 is 29.2 Å². The molecule has 32 heavy (non-hydrogen) atoms. The van der Waals surface area contributed by atoms with Gasteiger partial charge in [0.25, 0.3) is 11.8 Å². The summed E-state index contributed by atoms with van der Waals surface area (Å²) in [6, 6.07) is 12.3. The number of esters is 1. The molecule has 8 nitrogen and oxygen atoms in total. The molecule has 1 spiro atoms. The standard InChI is InChI=1S/C24H26N2O6/c1-30-17-10-9-16(20(14-17)31-2)13-22(28)32-15-21(27)26-19-8-4-3-7-18(19)25-23(29)24(26)11-5-6-12-24/h3-4,7-10,14H,5-6,11-13,15H2,1-2H3,(H,25,29). The molecule has 0 atom stereocenters. The summed E-state index contributed by atoms with van der Waals surface area (Å²) >= 11 is 0. The molecule has 0 saturated heterocycles. The van der Waals surface area contributed by atoms with Crippen LogP contribution in [0.4, 0.5) is 11.4 Å². The minimum absolute atomic E-state index is 0.0529. The quantitative estimate of drug-likeness (QED) is 0.697. The van der Waals surface area contributed by atoms with Crippen molar-refractivity contribution in [1.82, 2.24) is 0 Å². The van der Waals surface area contributed by atoms with Gasteiger partial charge in [0.1, 0.15) is 17.0 Å². The van der Waals surface area contributed by atoms with Gasteiger partial charge in [0.15, 0.2) is 6.61 Å². The number of anilines is 2. The van der Waals surface area contributed by atoms with Gasteiger partial charge in [-0.15, -0.1) is 0 Å². The third-order valence-electron chi connectivity index (χ3n) is 6.11. The highest BCUT2D eigenvalue weighted by Gasteiger charge is 2.52. The Balaban J connectivity index is 1.49. The Hall–Kier alpha value is -3.55. The number of ether oxygens (including phenoxy) is 3. The number of rotatable bonds is 6. The normalized spacial score (nSPS) is 16.3. The van der Waals surface area contributed by atoms with E-state index in [1.807, 2.05) is 6.07 Å². The van der Waals surface area contributed by atoms with Crippen LogP contribution in [0.25, 0.3) is 0 Å². The van der Waals surface area contributed by atoms with Gasteiger partial charge < -0.3 is 19.5 Å². The summed E-state index contributed by atoms with van der Waals surface area (Å²) in [5.41, 5.74) is 0.905. The molecule has 2 amide bonds.